The second kappa shape index (κ2) is 3.72. The summed E-state index contributed by atoms with van der Waals surface area (Å²) in [6.45, 7) is 5.66. The maximum Gasteiger partial charge on any atom is 0.0355 e. The molecule has 8 heavy (non-hydrogen) atoms. The van der Waals surface area contributed by atoms with Gasteiger partial charge in [0.15, 0.2) is 0 Å². The molecule has 1 nitrogen and oxygen atoms in total. The molecule has 1 N–H and O–H groups in total. The SMILES string of the molecule is C=C(C)/C(Br)=C\NC. The van der Waals surface area contributed by atoms with Gasteiger partial charge in [-0.15, -0.1) is 0 Å². The van der Waals surface area contributed by atoms with Gasteiger partial charge in [0.1, 0.15) is 0 Å². The maximum atomic E-state index is 3.72. The van der Waals surface area contributed by atoms with Crippen LogP contribution in [-0.4, -0.2) is 7.05 Å². The average molecular weight is 176 g/mol. The van der Waals surface area contributed by atoms with Crippen molar-refractivity contribution in [3.05, 3.63) is 22.8 Å². The Balaban J connectivity index is 3.80. The third-order valence-corrected chi connectivity index (χ3v) is 1.58. The predicted octanol–water partition coefficient (Wildman–Crippen LogP) is 2.02. The number of nitrogens with one attached hydrogen (secondary N) is 1. The molecule has 0 unspecified atom stereocenters. The highest BCUT2D eigenvalue weighted by Gasteiger charge is 1.86. The lowest BCUT2D eigenvalue weighted by Crippen LogP contribution is -1.93. The molecule has 0 heterocycles. The first-order valence-electron chi connectivity index (χ1n) is 2.37. The first kappa shape index (κ1) is 7.76. The molecule has 0 fully saturated rings. The Bertz CT molecular complexity index is 116. The van der Waals surface area contributed by atoms with Crippen molar-refractivity contribution >= 4 is 15.9 Å². The van der Waals surface area contributed by atoms with Gasteiger partial charge in [-0.25, -0.2) is 0 Å². The van der Waals surface area contributed by atoms with Crippen molar-refractivity contribution in [2.75, 3.05) is 7.05 Å². The summed E-state index contributed by atoms with van der Waals surface area (Å²) in [5.74, 6) is 0. The molecule has 0 aromatic rings. The second-order valence-electron chi connectivity index (χ2n) is 1.56. The van der Waals surface area contributed by atoms with Crippen LogP contribution in [0.2, 0.25) is 0 Å². The van der Waals surface area contributed by atoms with Crippen LogP contribution in [0.25, 0.3) is 0 Å². The highest BCUT2D eigenvalue weighted by atomic mass is 79.9. The van der Waals surface area contributed by atoms with E-state index in [9.17, 15) is 0 Å². The van der Waals surface area contributed by atoms with Crippen LogP contribution < -0.4 is 5.32 Å². The van der Waals surface area contributed by atoms with E-state index in [4.69, 9.17) is 0 Å². The van der Waals surface area contributed by atoms with Gasteiger partial charge in [-0.05, 0) is 28.4 Å². The Morgan fingerprint density at radius 1 is 1.75 bits per heavy atom. The van der Waals surface area contributed by atoms with Crippen molar-refractivity contribution in [2.24, 2.45) is 0 Å². The largest absolute Gasteiger partial charge is 0.393 e. The molecule has 0 aliphatic carbocycles. The first-order chi connectivity index (χ1) is 3.68. The number of allylic oxidation sites excluding steroid dienone is 2. The first-order valence-corrected chi connectivity index (χ1v) is 3.16. The second-order valence-corrected chi connectivity index (χ2v) is 2.42. The minimum absolute atomic E-state index is 1.01. The standard InChI is InChI=1S/C6H10BrN/c1-5(2)6(7)4-8-3/h4,8H,1H2,2-3H3/b6-4+. The summed E-state index contributed by atoms with van der Waals surface area (Å²) >= 11 is 3.30. The zero-order valence-electron chi connectivity index (χ0n) is 5.16. The van der Waals surface area contributed by atoms with E-state index in [2.05, 4.69) is 27.8 Å². The Hall–Kier alpha value is -0.240. The Labute approximate surface area is 58.6 Å². The van der Waals surface area contributed by atoms with Crippen molar-refractivity contribution in [2.45, 2.75) is 6.92 Å². The molecule has 46 valence electrons. The predicted molar refractivity (Wildman–Crippen MR) is 40.9 cm³/mol. The van der Waals surface area contributed by atoms with Gasteiger partial charge in [0.25, 0.3) is 0 Å². The van der Waals surface area contributed by atoms with Crippen molar-refractivity contribution in [1.82, 2.24) is 5.32 Å². The molecule has 0 amide bonds. The van der Waals surface area contributed by atoms with Crippen LogP contribution in [0.5, 0.6) is 0 Å². The summed E-state index contributed by atoms with van der Waals surface area (Å²) in [5.41, 5.74) is 1.03. The molecule has 0 aromatic carbocycles. The van der Waals surface area contributed by atoms with E-state index >= 15 is 0 Å². The molecule has 0 saturated carbocycles. The molecule has 0 aliphatic heterocycles. The van der Waals surface area contributed by atoms with Crippen molar-refractivity contribution in [3.63, 3.8) is 0 Å². The molecule has 0 rings (SSSR count). The fourth-order valence-electron chi connectivity index (χ4n) is 0.250. The Kier molecular flexibility index (Phi) is 3.61. The molecule has 2 heteroatoms. The van der Waals surface area contributed by atoms with Crippen LogP contribution in [-0.2, 0) is 0 Å². The number of halogens is 1. The zero-order valence-corrected chi connectivity index (χ0v) is 6.75. The number of hydrogen-bond acceptors (Lipinski definition) is 1. The summed E-state index contributed by atoms with van der Waals surface area (Å²) < 4.78 is 1.01. The zero-order chi connectivity index (χ0) is 6.57. The van der Waals surface area contributed by atoms with E-state index in [0.717, 1.165) is 10.1 Å². The minimum atomic E-state index is 1.01. The quantitative estimate of drug-likeness (QED) is 0.634. The summed E-state index contributed by atoms with van der Waals surface area (Å²) in [6.07, 6.45) is 1.85. The highest BCUT2D eigenvalue weighted by molar-refractivity contribution is 9.11. The van der Waals surface area contributed by atoms with Crippen LogP contribution >= 0.6 is 15.9 Å². The molecule has 0 aliphatic rings. The molecular formula is C6H10BrN. The van der Waals surface area contributed by atoms with Crippen molar-refractivity contribution in [1.29, 1.82) is 0 Å². The third kappa shape index (κ3) is 2.86. The highest BCUT2D eigenvalue weighted by Crippen LogP contribution is 2.11. The molecule has 0 atom stereocenters. The van der Waals surface area contributed by atoms with Gasteiger partial charge in [0.2, 0.25) is 0 Å². The molecule has 0 saturated heterocycles. The van der Waals surface area contributed by atoms with Crippen LogP contribution in [0.1, 0.15) is 6.92 Å². The summed E-state index contributed by atoms with van der Waals surface area (Å²) in [4.78, 5) is 0. The molecule has 0 radical (unpaired) electrons. The van der Waals surface area contributed by atoms with Gasteiger partial charge >= 0.3 is 0 Å². The lowest BCUT2D eigenvalue weighted by molar-refractivity contribution is 1.10. The van der Waals surface area contributed by atoms with E-state index < -0.39 is 0 Å². The molecule has 0 spiro atoms. The van der Waals surface area contributed by atoms with Crippen LogP contribution in [0.4, 0.5) is 0 Å². The summed E-state index contributed by atoms with van der Waals surface area (Å²) in [7, 11) is 1.85. The molecular weight excluding hydrogens is 166 g/mol. The fraction of sp³-hybridized carbons (Fsp3) is 0.333. The van der Waals surface area contributed by atoms with Gasteiger partial charge in [-0.3, -0.25) is 0 Å². The van der Waals surface area contributed by atoms with E-state index in [0.29, 0.717) is 0 Å². The Morgan fingerprint density at radius 3 is 2.38 bits per heavy atom. The number of hydrogen-bond donors (Lipinski definition) is 1. The van der Waals surface area contributed by atoms with E-state index in [1.807, 2.05) is 20.2 Å². The van der Waals surface area contributed by atoms with E-state index in [1.54, 1.807) is 0 Å². The van der Waals surface area contributed by atoms with E-state index in [1.165, 1.54) is 0 Å². The minimum Gasteiger partial charge on any atom is -0.393 e. The molecule has 0 bridgehead atoms. The van der Waals surface area contributed by atoms with Gasteiger partial charge in [0.05, 0.1) is 0 Å². The van der Waals surface area contributed by atoms with Crippen molar-refractivity contribution < 1.29 is 0 Å². The Morgan fingerprint density at radius 2 is 2.25 bits per heavy atom. The van der Waals surface area contributed by atoms with Crippen molar-refractivity contribution in [3.8, 4) is 0 Å². The average Bonchev–Trinajstić information content (AvgIpc) is 1.67. The summed E-state index contributed by atoms with van der Waals surface area (Å²) in [5, 5.41) is 2.88. The third-order valence-electron chi connectivity index (χ3n) is 0.679. The van der Waals surface area contributed by atoms with Crippen LogP contribution in [0.3, 0.4) is 0 Å². The normalized spacial score (nSPS) is 11.1. The topological polar surface area (TPSA) is 12.0 Å². The monoisotopic (exact) mass is 175 g/mol. The van der Waals surface area contributed by atoms with Gasteiger partial charge in [-0.2, -0.15) is 0 Å². The van der Waals surface area contributed by atoms with Crippen LogP contribution in [0.15, 0.2) is 22.8 Å². The smallest absolute Gasteiger partial charge is 0.0355 e. The lowest BCUT2D eigenvalue weighted by atomic mass is 10.3. The molecule has 0 aromatic heterocycles. The van der Waals surface area contributed by atoms with E-state index in [-0.39, 0.29) is 0 Å². The lowest BCUT2D eigenvalue weighted by Gasteiger charge is -1.93. The fourth-order valence-corrected chi connectivity index (χ4v) is 0.479. The summed E-state index contributed by atoms with van der Waals surface area (Å²) in [6, 6.07) is 0. The maximum absolute atomic E-state index is 3.72. The van der Waals surface area contributed by atoms with Crippen LogP contribution in [0, 0.1) is 0 Å². The van der Waals surface area contributed by atoms with Gasteiger partial charge in [-0.1, -0.05) is 6.58 Å². The van der Waals surface area contributed by atoms with Gasteiger partial charge in [0, 0.05) is 17.7 Å². The number of rotatable bonds is 2. The van der Waals surface area contributed by atoms with Gasteiger partial charge < -0.3 is 5.32 Å².